The number of amides is 1. The van der Waals surface area contributed by atoms with E-state index in [2.05, 4.69) is 10.3 Å². The van der Waals surface area contributed by atoms with E-state index in [1.165, 1.54) is 4.90 Å². The first-order valence-corrected chi connectivity index (χ1v) is 9.19. The number of sulfone groups is 1. The molecule has 1 amide bonds. The van der Waals surface area contributed by atoms with Gasteiger partial charge in [-0.3, -0.25) is 14.3 Å². The number of fused-ring (bicyclic) bond motifs is 1. The van der Waals surface area contributed by atoms with E-state index in [0.717, 1.165) is 12.3 Å². The van der Waals surface area contributed by atoms with Gasteiger partial charge in [-0.15, -0.1) is 0 Å². The summed E-state index contributed by atoms with van der Waals surface area (Å²) in [5, 5.41) is 16.2. The maximum Gasteiger partial charge on any atom is 0.292 e. The summed E-state index contributed by atoms with van der Waals surface area (Å²) in [5.74, 6) is -0.926. The van der Waals surface area contributed by atoms with E-state index in [4.69, 9.17) is 4.52 Å². The average molecular weight is 356 g/mol. The summed E-state index contributed by atoms with van der Waals surface area (Å²) < 4.78 is 29.0. The second-order valence-electron chi connectivity index (χ2n) is 5.70. The Labute approximate surface area is 136 Å². The van der Waals surface area contributed by atoms with Crippen LogP contribution in [-0.4, -0.2) is 57.8 Å². The molecule has 0 unspecified atom stereocenters. The van der Waals surface area contributed by atoms with Crippen molar-refractivity contribution in [2.24, 2.45) is 0 Å². The van der Waals surface area contributed by atoms with Crippen LogP contribution in [-0.2, 0) is 22.9 Å². The number of rotatable bonds is 4. The summed E-state index contributed by atoms with van der Waals surface area (Å²) in [7, 11) is -3.34. The first kappa shape index (κ1) is 16.5. The van der Waals surface area contributed by atoms with Crippen molar-refractivity contribution in [1.82, 2.24) is 19.8 Å². The monoisotopic (exact) mass is 356 g/mol. The van der Waals surface area contributed by atoms with Crippen LogP contribution in [0.25, 0.3) is 0 Å². The maximum absolute atomic E-state index is 12.3. The Bertz CT molecular complexity index is 924. The van der Waals surface area contributed by atoms with Gasteiger partial charge in [0.1, 0.15) is 15.9 Å². The summed E-state index contributed by atoms with van der Waals surface area (Å²) in [4.78, 5) is 24.8. The molecule has 2 N–H and O–H groups in total. The molecule has 0 saturated heterocycles. The van der Waals surface area contributed by atoms with Crippen LogP contribution in [0.3, 0.4) is 0 Å². The molecular weight excluding hydrogens is 340 g/mol. The lowest BCUT2D eigenvalue weighted by molar-refractivity contribution is 0.0663. The van der Waals surface area contributed by atoms with Gasteiger partial charge in [0.05, 0.1) is 36.3 Å². The highest BCUT2D eigenvalue weighted by molar-refractivity contribution is 7.90. The molecule has 1 atom stereocenters. The summed E-state index contributed by atoms with van der Waals surface area (Å²) in [6, 6.07) is 2.65. The van der Waals surface area contributed by atoms with Crippen LogP contribution in [0.1, 0.15) is 28.0 Å². The molecule has 0 saturated carbocycles. The number of aliphatic hydroxyl groups is 1. The number of carbonyl (C=O) groups excluding carboxylic acids is 1. The Morgan fingerprint density at radius 1 is 1.46 bits per heavy atom. The van der Waals surface area contributed by atoms with Crippen molar-refractivity contribution in [1.29, 1.82) is 0 Å². The molecule has 0 spiro atoms. The lowest BCUT2D eigenvalue weighted by Gasteiger charge is -2.26. The van der Waals surface area contributed by atoms with Crippen molar-refractivity contribution in [2.75, 3.05) is 18.6 Å². The Balaban J connectivity index is 1.76. The smallest absolute Gasteiger partial charge is 0.292 e. The van der Waals surface area contributed by atoms with E-state index in [0.29, 0.717) is 18.8 Å². The van der Waals surface area contributed by atoms with E-state index in [-0.39, 0.29) is 18.0 Å². The molecule has 1 aliphatic heterocycles. The van der Waals surface area contributed by atoms with Crippen LogP contribution < -0.4 is 5.56 Å². The molecular formula is C13H16N4O6S. The van der Waals surface area contributed by atoms with E-state index in [1.54, 1.807) is 10.7 Å². The molecule has 3 rings (SSSR count). The number of hydrogen-bond acceptors (Lipinski definition) is 7. The van der Waals surface area contributed by atoms with Crippen molar-refractivity contribution in [3.63, 3.8) is 0 Å². The number of aromatic nitrogens is 3. The van der Waals surface area contributed by atoms with Gasteiger partial charge in [0.2, 0.25) is 5.76 Å². The third kappa shape index (κ3) is 3.41. The van der Waals surface area contributed by atoms with Gasteiger partial charge in [0.15, 0.2) is 0 Å². The van der Waals surface area contributed by atoms with Crippen LogP contribution in [0.2, 0.25) is 0 Å². The Morgan fingerprint density at radius 2 is 2.21 bits per heavy atom. The van der Waals surface area contributed by atoms with Gasteiger partial charge < -0.3 is 14.5 Å². The predicted octanol–water partition coefficient (Wildman–Crippen LogP) is -1.10. The minimum Gasteiger partial charge on any atom is -0.386 e. The Morgan fingerprint density at radius 3 is 2.83 bits per heavy atom. The minimum atomic E-state index is -3.34. The summed E-state index contributed by atoms with van der Waals surface area (Å²) in [6.07, 6.45) is -0.179. The van der Waals surface area contributed by atoms with Gasteiger partial charge in [-0.1, -0.05) is 0 Å². The summed E-state index contributed by atoms with van der Waals surface area (Å²) in [5.41, 5.74) is 0.416. The molecule has 2 aromatic heterocycles. The quantitative estimate of drug-likeness (QED) is 0.709. The van der Waals surface area contributed by atoms with E-state index in [1.807, 2.05) is 0 Å². The number of hydrogen-bond donors (Lipinski definition) is 2. The maximum atomic E-state index is 12.3. The number of carbonyl (C=O) groups is 1. The zero-order valence-corrected chi connectivity index (χ0v) is 13.6. The van der Waals surface area contributed by atoms with Gasteiger partial charge in [-0.05, 0) is 6.07 Å². The first-order valence-electron chi connectivity index (χ1n) is 7.13. The number of aromatic amines is 1. The molecule has 2 aromatic rings. The van der Waals surface area contributed by atoms with Crippen LogP contribution >= 0.6 is 0 Å². The zero-order valence-electron chi connectivity index (χ0n) is 12.8. The van der Waals surface area contributed by atoms with Crippen molar-refractivity contribution < 1.29 is 22.8 Å². The normalized spacial score (nSPS) is 16.0. The van der Waals surface area contributed by atoms with Crippen LogP contribution in [0, 0.1) is 0 Å². The van der Waals surface area contributed by atoms with Gasteiger partial charge in [0, 0.05) is 12.8 Å². The lowest BCUT2D eigenvalue weighted by Crippen LogP contribution is -2.38. The van der Waals surface area contributed by atoms with Crippen molar-refractivity contribution in [3.05, 3.63) is 39.6 Å². The highest BCUT2D eigenvalue weighted by atomic mass is 32.2. The first-order chi connectivity index (χ1) is 11.2. The number of H-pyrrole nitrogens is 1. The molecule has 0 aromatic carbocycles. The minimum absolute atomic E-state index is 0.0784. The third-order valence-corrected chi connectivity index (χ3v) is 4.56. The molecule has 130 valence electrons. The number of nitrogens with zero attached hydrogens (tertiary/aromatic N) is 3. The molecule has 24 heavy (non-hydrogen) atoms. The highest BCUT2D eigenvalue weighted by Crippen LogP contribution is 2.20. The van der Waals surface area contributed by atoms with E-state index in [9.17, 15) is 23.1 Å². The van der Waals surface area contributed by atoms with E-state index < -0.39 is 33.2 Å². The molecule has 0 bridgehead atoms. The highest BCUT2D eigenvalue weighted by Gasteiger charge is 2.27. The fourth-order valence-corrected chi connectivity index (χ4v) is 3.29. The molecule has 10 nitrogen and oxygen atoms in total. The summed E-state index contributed by atoms with van der Waals surface area (Å²) in [6.45, 7) is 0.956. The molecule has 11 heteroatoms. The number of nitrogens with one attached hydrogen (secondary N) is 1. The molecule has 0 radical (unpaired) electrons. The standard InChI is InChI=1S/C13H16N4O6S/c1-24(21,22)7-10(18)9-4-8-6-16(2-3-17(8)14-9)13(20)11-5-12(19)15-23-11/h4-5,10,18H,2-3,6-7H2,1H3,(H,15,19)/t10-/m1/s1. The van der Waals surface area contributed by atoms with Gasteiger partial charge in [-0.2, -0.15) is 10.3 Å². The van der Waals surface area contributed by atoms with Crippen LogP contribution in [0.5, 0.6) is 0 Å². The largest absolute Gasteiger partial charge is 0.386 e. The molecule has 0 fully saturated rings. The second-order valence-corrected chi connectivity index (χ2v) is 7.88. The topological polar surface area (TPSA) is 138 Å². The fraction of sp³-hybridized carbons (Fsp3) is 0.462. The van der Waals surface area contributed by atoms with Gasteiger partial charge in [-0.25, -0.2) is 8.42 Å². The average Bonchev–Trinajstić information content (AvgIpc) is 3.09. The van der Waals surface area contributed by atoms with Crippen LogP contribution in [0.15, 0.2) is 21.5 Å². The van der Waals surface area contributed by atoms with Gasteiger partial charge in [0.25, 0.3) is 11.5 Å². The molecule has 0 aliphatic carbocycles. The summed E-state index contributed by atoms with van der Waals surface area (Å²) >= 11 is 0. The zero-order chi connectivity index (χ0) is 17.5. The Kier molecular flexibility index (Phi) is 4.05. The molecule has 1 aliphatic rings. The van der Waals surface area contributed by atoms with E-state index >= 15 is 0 Å². The fourth-order valence-electron chi connectivity index (χ4n) is 2.54. The molecule has 3 heterocycles. The number of aliphatic hydroxyl groups excluding tert-OH is 1. The Hall–Kier alpha value is -2.40. The van der Waals surface area contributed by atoms with Crippen molar-refractivity contribution in [2.45, 2.75) is 19.2 Å². The van der Waals surface area contributed by atoms with Crippen molar-refractivity contribution in [3.8, 4) is 0 Å². The second kappa shape index (κ2) is 5.91. The van der Waals surface area contributed by atoms with Gasteiger partial charge >= 0.3 is 0 Å². The van der Waals surface area contributed by atoms with Crippen LogP contribution in [0.4, 0.5) is 0 Å². The SMILES string of the molecule is CS(=O)(=O)C[C@@H](O)c1cc2n(n1)CCN(C(=O)c1cc(=O)[nH]o1)C2. The lowest BCUT2D eigenvalue weighted by atomic mass is 10.2. The van der Waals surface area contributed by atoms with Crippen molar-refractivity contribution >= 4 is 15.7 Å². The third-order valence-electron chi connectivity index (χ3n) is 3.64. The predicted molar refractivity (Wildman–Crippen MR) is 81.0 cm³/mol.